The SMILES string of the molecule is CCn1ccnc1CN1C[C@@H](c2ccc3c(c2)OCO3)[C@@H]2[C@H]1C1CCN2CC1. The monoisotopic (exact) mass is 380 g/mol. The zero-order valence-corrected chi connectivity index (χ0v) is 16.5. The van der Waals surface area contributed by atoms with Gasteiger partial charge in [0.1, 0.15) is 5.82 Å². The van der Waals surface area contributed by atoms with Crippen LogP contribution in [0.1, 0.15) is 37.1 Å². The van der Waals surface area contributed by atoms with Crippen LogP contribution in [0.4, 0.5) is 0 Å². The van der Waals surface area contributed by atoms with E-state index >= 15 is 0 Å². The first-order valence-corrected chi connectivity index (χ1v) is 10.7. The van der Waals surface area contributed by atoms with Crippen molar-refractivity contribution in [1.29, 1.82) is 0 Å². The van der Waals surface area contributed by atoms with Crippen molar-refractivity contribution in [1.82, 2.24) is 19.4 Å². The summed E-state index contributed by atoms with van der Waals surface area (Å²) in [4.78, 5) is 10.1. The number of benzene rings is 1. The molecule has 3 atom stereocenters. The number of hydrogen-bond donors (Lipinski definition) is 0. The highest BCUT2D eigenvalue weighted by molar-refractivity contribution is 5.46. The average molecular weight is 380 g/mol. The second kappa shape index (κ2) is 6.49. The van der Waals surface area contributed by atoms with E-state index in [2.05, 4.69) is 50.7 Å². The molecule has 4 saturated heterocycles. The highest BCUT2D eigenvalue weighted by Gasteiger charge is 2.53. The van der Waals surface area contributed by atoms with Crippen LogP contribution in [0.25, 0.3) is 0 Å². The smallest absolute Gasteiger partial charge is 0.231 e. The summed E-state index contributed by atoms with van der Waals surface area (Å²) in [5, 5.41) is 0. The fourth-order valence-corrected chi connectivity index (χ4v) is 6.12. The van der Waals surface area contributed by atoms with E-state index in [0.29, 0.717) is 24.8 Å². The number of likely N-dealkylation sites (tertiary alicyclic amines) is 1. The predicted octanol–water partition coefficient (Wildman–Crippen LogP) is 2.69. The van der Waals surface area contributed by atoms with Crippen LogP contribution in [0.5, 0.6) is 11.5 Å². The van der Waals surface area contributed by atoms with Crippen LogP contribution >= 0.6 is 0 Å². The Bertz CT molecular complexity index is 873. The molecule has 0 radical (unpaired) electrons. The maximum absolute atomic E-state index is 5.68. The second-order valence-electron chi connectivity index (χ2n) is 8.63. The van der Waals surface area contributed by atoms with Crippen molar-refractivity contribution in [2.24, 2.45) is 5.92 Å². The van der Waals surface area contributed by atoms with Crippen LogP contribution in [0, 0.1) is 5.92 Å². The molecule has 5 aliphatic heterocycles. The molecule has 2 bridgehead atoms. The Labute approximate surface area is 166 Å². The molecular formula is C22H28N4O2. The topological polar surface area (TPSA) is 42.8 Å². The fraction of sp³-hybridized carbons (Fsp3) is 0.591. The van der Waals surface area contributed by atoms with E-state index < -0.39 is 0 Å². The van der Waals surface area contributed by atoms with Gasteiger partial charge in [0.2, 0.25) is 6.79 Å². The molecule has 0 saturated carbocycles. The molecule has 0 spiro atoms. The lowest BCUT2D eigenvalue weighted by atomic mass is 9.75. The number of aromatic nitrogens is 2. The van der Waals surface area contributed by atoms with E-state index in [-0.39, 0.29) is 0 Å². The molecule has 5 aliphatic rings. The first-order chi connectivity index (χ1) is 13.8. The van der Waals surface area contributed by atoms with Gasteiger partial charge in [0.05, 0.1) is 6.54 Å². The summed E-state index contributed by atoms with van der Waals surface area (Å²) in [6.45, 7) is 8.08. The van der Waals surface area contributed by atoms with E-state index in [1.165, 1.54) is 37.3 Å². The van der Waals surface area contributed by atoms with Gasteiger partial charge in [-0.3, -0.25) is 9.80 Å². The van der Waals surface area contributed by atoms with Gasteiger partial charge in [-0.25, -0.2) is 4.98 Å². The maximum atomic E-state index is 5.68. The molecule has 4 fully saturated rings. The van der Waals surface area contributed by atoms with Crippen LogP contribution in [-0.4, -0.2) is 57.9 Å². The van der Waals surface area contributed by atoms with Crippen LogP contribution in [0.3, 0.4) is 0 Å². The summed E-state index contributed by atoms with van der Waals surface area (Å²) in [6.07, 6.45) is 6.73. The summed E-state index contributed by atoms with van der Waals surface area (Å²) < 4.78 is 13.5. The molecule has 148 valence electrons. The Kier molecular flexibility index (Phi) is 3.91. The Balaban J connectivity index is 1.34. The zero-order chi connectivity index (χ0) is 18.7. The molecular weight excluding hydrogens is 352 g/mol. The van der Waals surface area contributed by atoms with Gasteiger partial charge in [0, 0.05) is 43.5 Å². The average Bonchev–Trinajstić information content (AvgIpc) is 3.47. The molecule has 6 nitrogen and oxygen atoms in total. The minimum atomic E-state index is 0.343. The zero-order valence-electron chi connectivity index (χ0n) is 16.5. The maximum Gasteiger partial charge on any atom is 0.231 e. The van der Waals surface area contributed by atoms with Gasteiger partial charge in [-0.05, 0) is 56.5 Å². The lowest BCUT2D eigenvalue weighted by molar-refractivity contribution is -0.00952. The molecule has 0 N–H and O–H groups in total. The molecule has 0 amide bonds. The molecule has 6 heterocycles. The van der Waals surface area contributed by atoms with Crippen molar-refractivity contribution in [2.75, 3.05) is 26.4 Å². The summed E-state index contributed by atoms with van der Waals surface area (Å²) in [5.74, 6) is 4.33. The van der Waals surface area contributed by atoms with Crippen LogP contribution in [-0.2, 0) is 13.1 Å². The van der Waals surface area contributed by atoms with Gasteiger partial charge in [0.15, 0.2) is 11.5 Å². The van der Waals surface area contributed by atoms with Crippen LogP contribution < -0.4 is 9.47 Å². The molecule has 0 unspecified atom stereocenters. The van der Waals surface area contributed by atoms with Crippen molar-refractivity contribution >= 4 is 0 Å². The van der Waals surface area contributed by atoms with Crippen LogP contribution in [0.2, 0.25) is 0 Å². The number of rotatable bonds is 4. The van der Waals surface area contributed by atoms with Gasteiger partial charge in [0.25, 0.3) is 0 Å². The van der Waals surface area contributed by atoms with Crippen molar-refractivity contribution in [2.45, 2.75) is 50.9 Å². The highest BCUT2D eigenvalue weighted by atomic mass is 16.7. The number of aryl methyl sites for hydroxylation is 1. The summed E-state index contributed by atoms with van der Waals surface area (Å²) >= 11 is 0. The van der Waals surface area contributed by atoms with Gasteiger partial charge in [-0.1, -0.05) is 6.07 Å². The standard InChI is InChI=1S/C22H28N4O2/c1-2-24-10-7-23-20(24)13-26-12-17(16-3-4-18-19(11-16)28-14-27-18)22-21(26)15-5-8-25(22)9-6-15/h3-4,7,10-11,15,17,21-22H,2,5-6,8-9,12-14H2,1H3/t17-,21+,22+/m0/s1. The lowest BCUT2D eigenvalue weighted by Gasteiger charge is -2.51. The summed E-state index contributed by atoms with van der Waals surface area (Å²) in [5.41, 5.74) is 1.40. The van der Waals surface area contributed by atoms with E-state index in [9.17, 15) is 0 Å². The molecule has 0 aliphatic carbocycles. The number of fused-ring (bicyclic) bond motifs is 3. The first kappa shape index (κ1) is 16.9. The van der Waals surface area contributed by atoms with Crippen molar-refractivity contribution < 1.29 is 9.47 Å². The molecule has 6 heteroatoms. The second-order valence-corrected chi connectivity index (χ2v) is 8.63. The predicted molar refractivity (Wildman–Crippen MR) is 105 cm³/mol. The van der Waals surface area contributed by atoms with Crippen molar-refractivity contribution in [3.63, 3.8) is 0 Å². The lowest BCUT2D eigenvalue weighted by Crippen LogP contribution is -2.60. The Hall–Kier alpha value is -2.05. The quantitative estimate of drug-likeness (QED) is 0.816. The molecule has 7 rings (SSSR count). The van der Waals surface area contributed by atoms with E-state index in [1.54, 1.807) is 0 Å². The number of piperidine rings is 3. The Morgan fingerprint density at radius 1 is 1.11 bits per heavy atom. The molecule has 1 aromatic carbocycles. The third-order valence-corrected chi connectivity index (χ3v) is 7.41. The third kappa shape index (κ3) is 2.51. The highest BCUT2D eigenvalue weighted by Crippen LogP contribution is 2.48. The first-order valence-electron chi connectivity index (χ1n) is 10.7. The van der Waals surface area contributed by atoms with Crippen molar-refractivity contribution in [3.8, 4) is 11.5 Å². The molecule has 2 aromatic rings. The Morgan fingerprint density at radius 2 is 1.96 bits per heavy atom. The van der Waals surface area contributed by atoms with Crippen LogP contribution in [0.15, 0.2) is 30.6 Å². The minimum absolute atomic E-state index is 0.343. The largest absolute Gasteiger partial charge is 0.454 e. The van der Waals surface area contributed by atoms with Gasteiger partial charge in [-0.15, -0.1) is 0 Å². The minimum Gasteiger partial charge on any atom is -0.454 e. The number of imidazole rings is 1. The van der Waals surface area contributed by atoms with Gasteiger partial charge >= 0.3 is 0 Å². The van der Waals surface area contributed by atoms with Gasteiger partial charge in [-0.2, -0.15) is 0 Å². The van der Waals surface area contributed by atoms with Gasteiger partial charge < -0.3 is 14.0 Å². The summed E-state index contributed by atoms with van der Waals surface area (Å²) in [7, 11) is 0. The van der Waals surface area contributed by atoms with Crippen molar-refractivity contribution in [3.05, 3.63) is 42.0 Å². The third-order valence-electron chi connectivity index (χ3n) is 7.41. The van der Waals surface area contributed by atoms with E-state index in [4.69, 9.17) is 9.47 Å². The number of ether oxygens (including phenoxy) is 2. The summed E-state index contributed by atoms with van der Waals surface area (Å²) in [6, 6.07) is 7.83. The molecule has 1 aromatic heterocycles. The number of nitrogens with zero attached hydrogens (tertiary/aromatic N) is 4. The van der Waals surface area contributed by atoms with E-state index in [1.807, 2.05) is 6.20 Å². The van der Waals surface area contributed by atoms with E-state index in [0.717, 1.165) is 37.1 Å². The number of hydrogen-bond acceptors (Lipinski definition) is 5. The fourth-order valence-electron chi connectivity index (χ4n) is 6.12. The molecule has 28 heavy (non-hydrogen) atoms. The normalized spacial score (nSPS) is 33.4. The Morgan fingerprint density at radius 3 is 2.82 bits per heavy atom.